The average molecular weight is 473 g/mol. The molecule has 2 aromatic heterocycles. The van der Waals surface area contributed by atoms with Crippen molar-refractivity contribution in [3.8, 4) is 0 Å². The summed E-state index contributed by atoms with van der Waals surface area (Å²) in [7, 11) is 0. The van der Waals surface area contributed by atoms with Crippen LogP contribution in [-0.4, -0.2) is 39.8 Å². The van der Waals surface area contributed by atoms with E-state index in [1.165, 1.54) is 11.8 Å². The number of hydrogen-bond acceptors (Lipinski definition) is 6. The smallest absolute Gasteiger partial charge is 0.291 e. The summed E-state index contributed by atoms with van der Waals surface area (Å²) in [6.07, 6.45) is 5.38. The molecule has 1 fully saturated rings. The summed E-state index contributed by atoms with van der Waals surface area (Å²) in [6.45, 7) is 3.38. The monoisotopic (exact) mass is 472 g/mol. The highest BCUT2D eigenvalue weighted by atomic mass is 32.2. The first-order valence-electron chi connectivity index (χ1n) is 11.2. The fourth-order valence-electron chi connectivity index (χ4n) is 4.24. The molecule has 2 amide bonds. The van der Waals surface area contributed by atoms with Crippen LogP contribution in [0.4, 0.5) is 5.69 Å². The second kappa shape index (κ2) is 9.69. The van der Waals surface area contributed by atoms with Gasteiger partial charge in [0.2, 0.25) is 0 Å². The molecule has 172 valence electrons. The van der Waals surface area contributed by atoms with E-state index in [4.69, 9.17) is 4.42 Å². The Kier molecular flexibility index (Phi) is 6.31. The number of carbonyl (C=O) groups excluding carboxylic acids is 2. The van der Waals surface area contributed by atoms with Crippen LogP contribution in [0.3, 0.4) is 0 Å². The number of anilines is 1. The molecular formula is C26H24N4O3S. The number of aromatic nitrogens is 2. The molecule has 5 rings (SSSR count). The largest absolute Gasteiger partial charge is 0.451 e. The number of amides is 2. The van der Waals surface area contributed by atoms with Crippen molar-refractivity contribution in [2.24, 2.45) is 0 Å². The molecular weight excluding hydrogens is 448 g/mol. The summed E-state index contributed by atoms with van der Waals surface area (Å²) >= 11 is 1.44. The number of hydrogen-bond donors (Lipinski definition) is 1. The Bertz CT molecular complexity index is 1350. The molecule has 0 bridgehead atoms. The predicted octanol–water partition coefficient (Wildman–Crippen LogP) is 5.31. The Labute approximate surface area is 201 Å². The number of likely N-dealkylation sites (tertiary alicyclic amines) is 1. The van der Waals surface area contributed by atoms with E-state index >= 15 is 0 Å². The van der Waals surface area contributed by atoms with Crippen molar-refractivity contribution < 1.29 is 14.0 Å². The van der Waals surface area contributed by atoms with Gasteiger partial charge in [-0.25, -0.2) is 9.97 Å². The molecule has 0 unspecified atom stereocenters. The quantitative estimate of drug-likeness (QED) is 0.302. The minimum atomic E-state index is -0.387. The summed E-state index contributed by atoms with van der Waals surface area (Å²) in [5.74, 6) is 0.261. The second-order valence-electron chi connectivity index (χ2n) is 8.18. The standard InChI is InChI=1S/C26H24N4O3S/c1-17-8-6-10-20(22(17)25(32)30-14-4-5-15-30)29-24(31)23-19(16-34-26-27-12-7-13-28-26)18-9-2-3-11-21(18)33-23/h2-3,6-13H,4-5,14-16H2,1H3,(H,29,31). The fourth-order valence-corrected chi connectivity index (χ4v) is 5.07. The zero-order valence-corrected chi connectivity index (χ0v) is 19.6. The maximum atomic E-state index is 13.5. The van der Waals surface area contributed by atoms with Gasteiger partial charge >= 0.3 is 0 Å². The Morgan fingerprint density at radius 1 is 1.03 bits per heavy atom. The highest BCUT2D eigenvalue weighted by molar-refractivity contribution is 7.98. The highest BCUT2D eigenvalue weighted by Gasteiger charge is 2.26. The van der Waals surface area contributed by atoms with Crippen molar-refractivity contribution in [1.29, 1.82) is 0 Å². The van der Waals surface area contributed by atoms with Crippen LogP contribution in [0.2, 0.25) is 0 Å². The molecule has 1 saturated heterocycles. The number of carbonyl (C=O) groups is 2. The normalized spacial score (nSPS) is 13.4. The van der Waals surface area contributed by atoms with Gasteiger partial charge in [0.15, 0.2) is 10.9 Å². The molecule has 4 aromatic rings. The van der Waals surface area contributed by atoms with Gasteiger partial charge in [-0.2, -0.15) is 0 Å². The third-order valence-electron chi connectivity index (χ3n) is 5.92. The first-order valence-corrected chi connectivity index (χ1v) is 12.2. The zero-order valence-electron chi connectivity index (χ0n) is 18.8. The first kappa shape index (κ1) is 22.2. The molecule has 0 radical (unpaired) electrons. The summed E-state index contributed by atoms with van der Waals surface area (Å²) < 4.78 is 5.99. The molecule has 7 nitrogen and oxygen atoms in total. The minimum absolute atomic E-state index is 0.0486. The number of aryl methyl sites for hydroxylation is 1. The molecule has 0 spiro atoms. The number of thioether (sulfide) groups is 1. The number of benzene rings is 2. The van der Waals surface area contributed by atoms with E-state index in [-0.39, 0.29) is 17.6 Å². The van der Waals surface area contributed by atoms with E-state index in [1.54, 1.807) is 24.5 Å². The summed E-state index contributed by atoms with van der Waals surface area (Å²) in [5, 5.41) is 4.44. The molecule has 3 heterocycles. The molecule has 8 heteroatoms. The van der Waals surface area contributed by atoms with Crippen LogP contribution < -0.4 is 5.32 Å². The number of para-hydroxylation sites is 1. The lowest BCUT2D eigenvalue weighted by Crippen LogP contribution is -2.29. The number of furan rings is 1. The lowest BCUT2D eigenvalue weighted by molar-refractivity contribution is 0.0793. The fraction of sp³-hybridized carbons (Fsp3) is 0.231. The van der Waals surface area contributed by atoms with Crippen LogP contribution in [0, 0.1) is 6.92 Å². The summed E-state index contributed by atoms with van der Waals surface area (Å²) in [4.78, 5) is 37.0. The molecule has 1 N–H and O–H groups in total. The van der Waals surface area contributed by atoms with E-state index in [1.807, 2.05) is 48.2 Å². The topological polar surface area (TPSA) is 88.3 Å². The van der Waals surface area contributed by atoms with Crippen molar-refractivity contribution in [2.75, 3.05) is 18.4 Å². The lowest BCUT2D eigenvalue weighted by atomic mass is 10.0. The van der Waals surface area contributed by atoms with Crippen molar-refractivity contribution >= 4 is 40.2 Å². The van der Waals surface area contributed by atoms with Crippen LogP contribution in [0.1, 0.15) is 44.9 Å². The van der Waals surface area contributed by atoms with Crippen LogP contribution in [-0.2, 0) is 5.75 Å². The SMILES string of the molecule is Cc1cccc(NC(=O)c2oc3ccccc3c2CSc2ncccn2)c1C(=O)N1CCCC1. The Balaban J connectivity index is 1.46. The van der Waals surface area contributed by atoms with Crippen molar-refractivity contribution in [1.82, 2.24) is 14.9 Å². The maximum absolute atomic E-state index is 13.5. The lowest BCUT2D eigenvalue weighted by Gasteiger charge is -2.19. The van der Waals surface area contributed by atoms with Gasteiger partial charge in [-0.05, 0) is 43.5 Å². The van der Waals surface area contributed by atoms with Crippen molar-refractivity contribution in [3.05, 3.63) is 83.4 Å². The van der Waals surface area contributed by atoms with Gasteiger partial charge in [0.25, 0.3) is 11.8 Å². The van der Waals surface area contributed by atoms with Gasteiger partial charge in [0, 0.05) is 42.2 Å². The summed E-state index contributed by atoms with van der Waals surface area (Å²) in [6, 6.07) is 14.8. The molecule has 1 aliphatic rings. The van der Waals surface area contributed by atoms with Crippen LogP contribution in [0.15, 0.2) is 70.5 Å². The Morgan fingerprint density at radius 2 is 1.79 bits per heavy atom. The van der Waals surface area contributed by atoms with Gasteiger partial charge in [-0.1, -0.05) is 42.1 Å². The van der Waals surface area contributed by atoms with E-state index in [2.05, 4.69) is 15.3 Å². The molecule has 0 atom stereocenters. The number of nitrogens with one attached hydrogen (secondary N) is 1. The van der Waals surface area contributed by atoms with Gasteiger partial charge in [-0.3, -0.25) is 9.59 Å². The third kappa shape index (κ3) is 4.41. The van der Waals surface area contributed by atoms with Crippen LogP contribution in [0.25, 0.3) is 11.0 Å². The van der Waals surface area contributed by atoms with Gasteiger partial charge < -0.3 is 14.6 Å². The average Bonchev–Trinajstić information content (AvgIpc) is 3.52. The molecule has 0 aliphatic carbocycles. The number of fused-ring (bicyclic) bond motifs is 1. The minimum Gasteiger partial charge on any atom is -0.451 e. The van der Waals surface area contributed by atoms with E-state index in [0.717, 1.165) is 42.4 Å². The Morgan fingerprint density at radius 3 is 2.59 bits per heavy atom. The van der Waals surface area contributed by atoms with E-state index in [9.17, 15) is 9.59 Å². The predicted molar refractivity (Wildman–Crippen MR) is 132 cm³/mol. The number of nitrogens with zero attached hydrogens (tertiary/aromatic N) is 3. The molecule has 34 heavy (non-hydrogen) atoms. The van der Waals surface area contributed by atoms with E-state index in [0.29, 0.717) is 27.7 Å². The zero-order chi connectivity index (χ0) is 23.5. The third-order valence-corrected chi connectivity index (χ3v) is 6.82. The number of rotatable bonds is 6. The van der Waals surface area contributed by atoms with Crippen molar-refractivity contribution in [2.45, 2.75) is 30.7 Å². The molecule has 2 aromatic carbocycles. The van der Waals surface area contributed by atoms with Gasteiger partial charge in [0.1, 0.15) is 5.58 Å². The highest BCUT2D eigenvalue weighted by Crippen LogP contribution is 2.32. The van der Waals surface area contributed by atoms with E-state index < -0.39 is 0 Å². The first-order chi connectivity index (χ1) is 16.6. The van der Waals surface area contributed by atoms with Gasteiger partial charge in [-0.15, -0.1) is 0 Å². The molecule has 1 aliphatic heterocycles. The van der Waals surface area contributed by atoms with Crippen molar-refractivity contribution in [3.63, 3.8) is 0 Å². The van der Waals surface area contributed by atoms with Gasteiger partial charge in [0.05, 0.1) is 11.3 Å². The van der Waals surface area contributed by atoms with Crippen LogP contribution >= 0.6 is 11.8 Å². The Hall–Kier alpha value is -3.65. The molecule has 0 saturated carbocycles. The second-order valence-corrected chi connectivity index (χ2v) is 9.12. The van der Waals surface area contributed by atoms with Crippen LogP contribution in [0.5, 0.6) is 0 Å². The maximum Gasteiger partial charge on any atom is 0.291 e. The summed E-state index contributed by atoms with van der Waals surface area (Å²) in [5.41, 5.74) is 3.26.